The van der Waals surface area contributed by atoms with Crippen LogP contribution < -0.4 is 0 Å². The largest absolute Gasteiger partial charge is 0.355 e. The van der Waals surface area contributed by atoms with Gasteiger partial charge in [0.15, 0.2) is 0 Å². The number of hydrogen-bond donors (Lipinski definition) is 1. The lowest BCUT2D eigenvalue weighted by Gasteiger charge is -1.97. The van der Waals surface area contributed by atoms with Crippen LogP contribution in [0.3, 0.4) is 0 Å². The Morgan fingerprint density at radius 1 is 1.12 bits per heavy atom. The number of nitrogens with one attached hydrogen (secondary N) is 1. The molecule has 0 radical (unpaired) electrons. The van der Waals surface area contributed by atoms with Gasteiger partial charge in [-0.15, -0.1) is 0 Å². The summed E-state index contributed by atoms with van der Waals surface area (Å²) in [4.78, 5) is 3.40. The van der Waals surface area contributed by atoms with Gasteiger partial charge in [0, 0.05) is 30.1 Å². The molecule has 0 spiro atoms. The minimum absolute atomic E-state index is 0.812. The van der Waals surface area contributed by atoms with Crippen LogP contribution in [0, 0.1) is 0 Å². The standard InChI is InChI=1S/C13H11N3/c1-2-4-12-11(3-1)9-13(16-12)10-5-7-14-15-8-6-10/h1-5,7-9,16H,6H2. The first-order chi connectivity index (χ1) is 7.93. The summed E-state index contributed by atoms with van der Waals surface area (Å²) in [5.74, 6) is 0. The van der Waals surface area contributed by atoms with Gasteiger partial charge in [0.25, 0.3) is 0 Å². The molecule has 78 valence electrons. The van der Waals surface area contributed by atoms with Crippen molar-refractivity contribution in [3.63, 3.8) is 0 Å². The van der Waals surface area contributed by atoms with E-state index in [4.69, 9.17) is 0 Å². The first-order valence-electron chi connectivity index (χ1n) is 5.25. The predicted molar refractivity (Wildman–Crippen MR) is 67.9 cm³/mol. The fourth-order valence-corrected chi connectivity index (χ4v) is 1.86. The molecule has 0 unspecified atom stereocenters. The van der Waals surface area contributed by atoms with Crippen molar-refractivity contribution in [2.24, 2.45) is 10.2 Å². The minimum atomic E-state index is 0.812. The quantitative estimate of drug-likeness (QED) is 0.750. The maximum atomic E-state index is 3.88. The molecule has 3 nitrogen and oxygen atoms in total. The van der Waals surface area contributed by atoms with Crippen LogP contribution in [-0.4, -0.2) is 17.4 Å². The van der Waals surface area contributed by atoms with E-state index >= 15 is 0 Å². The van der Waals surface area contributed by atoms with E-state index in [1.54, 1.807) is 6.21 Å². The Morgan fingerprint density at radius 2 is 2.06 bits per heavy atom. The van der Waals surface area contributed by atoms with Crippen molar-refractivity contribution in [3.05, 3.63) is 42.1 Å². The maximum Gasteiger partial charge on any atom is 0.0499 e. The third-order valence-electron chi connectivity index (χ3n) is 2.68. The Bertz CT molecular complexity index is 569. The second-order valence-electron chi connectivity index (χ2n) is 3.73. The summed E-state index contributed by atoms with van der Waals surface area (Å²) in [5.41, 5.74) is 3.51. The van der Waals surface area contributed by atoms with Crippen LogP contribution >= 0.6 is 0 Å². The second-order valence-corrected chi connectivity index (χ2v) is 3.73. The SMILES string of the molecule is C1=NN=CCC(c2cc3ccccc3[nH]2)=C1. The van der Waals surface area contributed by atoms with Crippen LogP contribution in [0.4, 0.5) is 0 Å². The molecule has 0 fully saturated rings. The summed E-state index contributed by atoms with van der Waals surface area (Å²) >= 11 is 0. The number of nitrogens with zero attached hydrogens (tertiary/aromatic N) is 2. The Labute approximate surface area is 93.2 Å². The van der Waals surface area contributed by atoms with Crippen molar-refractivity contribution in [1.29, 1.82) is 0 Å². The van der Waals surface area contributed by atoms with Crippen LogP contribution in [0.1, 0.15) is 12.1 Å². The van der Waals surface area contributed by atoms with Gasteiger partial charge in [0.05, 0.1) is 0 Å². The fraction of sp³-hybridized carbons (Fsp3) is 0.0769. The smallest absolute Gasteiger partial charge is 0.0499 e. The number of H-pyrrole nitrogens is 1. The highest BCUT2D eigenvalue weighted by atomic mass is 15.2. The van der Waals surface area contributed by atoms with Crippen LogP contribution in [0.2, 0.25) is 0 Å². The highest BCUT2D eigenvalue weighted by Gasteiger charge is 2.05. The van der Waals surface area contributed by atoms with Crippen molar-refractivity contribution in [2.75, 3.05) is 0 Å². The zero-order valence-electron chi connectivity index (χ0n) is 8.72. The molecule has 0 atom stereocenters. The molecule has 0 saturated heterocycles. The summed E-state index contributed by atoms with van der Waals surface area (Å²) in [7, 11) is 0. The zero-order chi connectivity index (χ0) is 10.8. The van der Waals surface area contributed by atoms with Crippen molar-refractivity contribution < 1.29 is 0 Å². The minimum Gasteiger partial charge on any atom is -0.355 e. The van der Waals surface area contributed by atoms with E-state index < -0.39 is 0 Å². The number of para-hydroxylation sites is 1. The summed E-state index contributed by atoms with van der Waals surface area (Å²) < 4.78 is 0. The van der Waals surface area contributed by atoms with E-state index in [0.29, 0.717) is 0 Å². The van der Waals surface area contributed by atoms with Crippen LogP contribution in [0.5, 0.6) is 0 Å². The Kier molecular flexibility index (Phi) is 2.14. The monoisotopic (exact) mass is 209 g/mol. The van der Waals surface area contributed by atoms with E-state index in [1.165, 1.54) is 11.0 Å². The van der Waals surface area contributed by atoms with E-state index in [2.05, 4.69) is 33.4 Å². The predicted octanol–water partition coefficient (Wildman–Crippen LogP) is 3.01. The first kappa shape index (κ1) is 9.09. The summed E-state index contributed by atoms with van der Waals surface area (Å²) in [5, 5.41) is 8.97. The molecule has 1 aromatic carbocycles. The van der Waals surface area contributed by atoms with Crippen molar-refractivity contribution in [1.82, 2.24) is 4.98 Å². The van der Waals surface area contributed by atoms with Crippen LogP contribution in [0.25, 0.3) is 16.5 Å². The first-order valence-corrected chi connectivity index (χ1v) is 5.25. The molecule has 0 aliphatic carbocycles. The number of allylic oxidation sites excluding steroid dienone is 2. The average molecular weight is 209 g/mol. The molecular formula is C13H11N3. The summed E-state index contributed by atoms with van der Waals surface area (Å²) in [6, 6.07) is 10.4. The topological polar surface area (TPSA) is 40.5 Å². The molecule has 3 rings (SSSR count). The Hall–Kier alpha value is -2.16. The van der Waals surface area contributed by atoms with Gasteiger partial charge in [0.1, 0.15) is 0 Å². The molecule has 1 aliphatic heterocycles. The molecule has 1 aliphatic rings. The number of aromatic amines is 1. The van der Waals surface area contributed by atoms with Gasteiger partial charge >= 0.3 is 0 Å². The molecule has 0 bridgehead atoms. The number of hydrogen-bond acceptors (Lipinski definition) is 2. The van der Waals surface area contributed by atoms with Crippen molar-refractivity contribution in [2.45, 2.75) is 6.42 Å². The van der Waals surface area contributed by atoms with E-state index in [9.17, 15) is 0 Å². The van der Waals surface area contributed by atoms with Gasteiger partial charge in [-0.2, -0.15) is 10.2 Å². The lowest BCUT2D eigenvalue weighted by atomic mass is 10.1. The van der Waals surface area contributed by atoms with Gasteiger partial charge in [-0.1, -0.05) is 18.2 Å². The molecule has 1 N–H and O–H groups in total. The Balaban J connectivity index is 2.09. The molecule has 2 aromatic rings. The molecule has 1 aromatic heterocycles. The number of rotatable bonds is 1. The number of benzene rings is 1. The van der Waals surface area contributed by atoms with E-state index in [-0.39, 0.29) is 0 Å². The average Bonchev–Trinajstić information content (AvgIpc) is 2.56. The zero-order valence-corrected chi connectivity index (χ0v) is 8.72. The molecule has 2 heterocycles. The normalized spacial score (nSPS) is 15.1. The lowest BCUT2D eigenvalue weighted by molar-refractivity contribution is 1.26. The van der Waals surface area contributed by atoms with Gasteiger partial charge < -0.3 is 4.98 Å². The van der Waals surface area contributed by atoms with Gasteiger partial charge in [-0.25, -0.2) is 0 Å². The molecule has 3 heteroatoms. The highest BCUT2D eigenvalue weighted by Crippen LogP contribution is 2.22. The third kappa shape index (κ3) is 1.56. The highest BCUT2D eigenvalue weighted by molar-refractivity contribution is 5.93. The molecule has 0 amide bonds. The summed E-state index contributed by atoms with van der Waals surface area (Å²) in [6.45, 7) is 0. The third-order valence-corrected chi connectivity index (χ3v) is 2.68. The maximum absolute atomic E-state index is 3.88. The molecular weight excluding hydrogens is 198 g/mol. The van der Waals surface area contributed by atoms with Gasteiger partial charge in [0.2, 0.25) is 0 Å². The fourth-order valence-electron chi connectivity index (χ4n) is 1.86. The van der Waals surface area contributed by atoms with Crippen LogP contribution in [-0.2, 0) is 0 Å². The van der Waals surface area contributed by atoms with E-state index in [0.717, 1.165) is 17.6 Å². The number of fused-ring (bicyclic) bond motifs is 1. The van der Waals surface area contributed by atoms with Crippen molar-refractivity contribution in [3.8, 4) is 0 Å². The second kappa shape index (κ2) is 3.77. The molecule has 0 saturated carbocycles. The lowest BCUT2D eigenvalue weighted by Crippen LogP contribution is -1.85. The van der Waals surface area contributed by atoms with Crippen molar-refractivity contribution >= 4 is 28.9 Å². The van der Waals surface area contributed by atoms with Gasteiger partial charge in [-0.3, -0.25) is 0 Å². The summed E-state index contributed by atoms with van der Waals surface area (Å²) in [6.07, 6.45) is 6.36. The van der Waals surface area contributed by atoms with Gasteiger partial charge in [-0.05, 0) is 29.2 Å². The van der Waals surface area contributed by atoms with E-state index in [1.807, 2.05) is 24.4 Å². The molecule has 16 heavy (non-hydrogen) atoms. The Morgan fingerprint density at radius 3 is 3.00 bits per heavy atom. The van der Waals surface area contributed by atoms with Crippen LogP contribution in [0.15, 0.2) is 46.6 Å². The number of aromatic nitrogens is 1.